The number of hydrogen-bond donors (Lipinski definition) is 1. The maximum absolute atomic E-state index is 11.8. The van der Waals surface area contributed by atoms with Gasteiger partial charge in [0, 0.05) is 44.7 Å². The zero-order valence-electron chi connectivity index (χ0n) is 14.0. The van der Waals surface area contributed by atoms with E-state index in [1.54, 1.807) is 0 Å². The summed E-state index contributed by atoms with van der Waals surface area (Å²) in [6.45, 7) is 12.5. The number of nitrogens with zero attached hydrogens (tertiary/aromatic N) is 4. The van der Waals surface area contributed by atoms with E-state index in [1.165, 1.54) is 6.33 Å². The molecule has 0 aliphatic carbocycles. The van der Waals surface area contributed by atoms with Gasteiger partial charge in [0.15, 0.2) is 0 Å². The van der Waals surface area contributed by atoms with Gasteiger partial charge in [0.05, 0.1) is 0 Å². The van der Waals surface area contributed by atoms with Crippen LogP contribution in [0.15, 0.2) is 12.4 Å². The molecule has 6 heteroatoms. The van der Waals surface area contributed by atoms with Gasteiger partial charge >= 0.3 is 0 Å². The normalized spacial score (nSPS) is 16.4. The van der Waals surface area contributed by atoms with Crippen LogP contribution in [-0.4, -0.2) is 53.0 Å². The van der Waals surface area contributed by atoms with Crippen molar-refractivity contribution in [1.82, 2.24) is 14.9 Å². The summed E-state index contributed by atoms with van der Waals surface area (Å²) in [5.74, 6) is 1.81. The lowest BCUT2D eigenvalue weighted by molar-refractivity contribution is -0.116. The van der Waals surface area contributed by atoms with Crippen molar-refractivity contribution in [3.63, 3.8) is 0 Å². The largest absolute Gasteiger partial charge is 0.354 e. The van der Waals surface area contributed by atoms with Crippen molar-refractivity contribution in [2.24, 2.45) is 5.92 Å². The molecule has 0 atom stereocenters. The second kappa shape index (κ2) is 7.54. The van der Waals surface area contributed by atoms with Gasteiger partial charge in [0.1, 0.15) is 18.0 Å². The summed E-state index contributed by atoms with van der Waals surface area (Å²) in [5.41, 5.74) is 0. The highest BCUT2D eigenvalue weighted by Gasteiger charge is 2.20. The Bertz CT molecular complexity index is 495. The van der Waals surface area contributed by atoms with Crippen LogP contribution < -0.4 is 10.2 Å². The lowest BCUT2D eigenvalue weighted by Gasteiger charge is -2.37. The molecule has 0 unspecified atom stereocenters. The molecule has 22 heavy (non-hydrogen) atoms. The topological polar surface area (TPSA) is 61.4 Å². The van der Waals surface area contributed by atoms with Crippen LogP contribution in [0, 0.1) is 5.92 Å². The predicted octanol–water partition coefficient (Wildman–Crippen LogP) is 1.99. The third kappa shape index (κ3) is 4.66. The smallest absolute Gasteiger partial charge is 0.225 e. The van der Waals surface area contributed by atoms with Crippen molar-refractivity contribution in [3.8, 4) is 0 Å². The van der Waals surface area contributed by atoms with Crippen LogP contribution in [0.3, 0.4) is 0 Å². The van der Waals surface area contributed by atoms with E-state index in [9.17, 15) is 4.79 Å². The summed E-state index contributed by atoms with van der Waals surface area (Å²) >= 11 is 0. The zero-order valence-corrected chi connectivity index (χ0v) is 14.0. The van der Waals surface area contributed by atoms with E-state index in [-0.39, 0.29) is 5.91 Å². The van der Waals surface area contributed by atoms with Crippen LogP contribution >= 0.6 is 0 Å². The molecular formula is C16H27N5O. The maximum atomic E-state index is 11.8. The molecule has 1 aliphatic rings. The molecule has 0 bridgehead atoms. The van der Waals surface area contributed by atoms with Crippen molar-refractivity contribution >= 4 is 17.5 Å². The molecule has 1 saturated heterocycles. The Labute approximate surface area is 132 Å². The molecule has 2 rings (SSSR count). The zero-order chi connectivity index (χ0) is 16.1. The first-order valence-corrected chi connectivity index (χ1v) is 8.06. The highest BCUT2D eigenvalue weighted by Crippen LogP contribution is 2.17. The molecule has 1 aromatic heterocycles. The van der Waals surface area contributed by atoms with Gasteiger partial charge < -0.3 is 10.2 Å². The lowest BCUT2D eigenvalue weighted by atomic mass is 10.1. The summed E-state index contributed by atoms with van der Waals surface area (Å²) in [7, 11) is 0. The Balaban J connectivity index is 1.96. The predicted molar refractivity (Wildman–Crippen MR) is 89.0 cm³/mol. The van der Waals surface area contributed by atoms with E-state index in [2.05, 4.69) is 38.9 Å². The number of piperazine rings is 1. The van der Waals surface area contributed by atoms with Gasteiger partial charge in [-0.05, 0) is 19.8 Å². The number of aromatic nitrogens is 2. The molecular weight excluding hydrogens is 278 g/mol. The van der Waals surface area contributed by atoms with Crippen molar-refractivity contribution in [1.29, 1.82) is 0 Å². The molecule has 0 radical (unpaired) electrons. The minimum Gasteiger partial charge on any atom is -0.354 e. The Morgan fingerprint density at radius 2 is 1.86 bits per heavy atom. The number of hydrogen-bond acceptors (Lipinski definition) is 5. The SMILES string of the molecule is CC(C)CC(=O)Nc1cc(N2CCN(C(C)C)CC2)ncn1. The van der Waals surface area contributed by atoms with Crippen molar-refractivity contribution in [3.05, 3.63) is 12.4 Å². The highest BCUT2D eigenvalue weighted by atomic mass is 16.1. The first-order valence-electron chi connectivity index (χ1n) is 8.06. The Kier molecular flexibility index (Phi) is 5.71. The van der Waals surface area contributed by atoms with Crippen LogP contribution in [0.5, 0.6) is 0 Å². The van der Waals surface area contributed by atoms with Crippen molar-refractivity contribution < 1.29 is 4.79 Å². The molecule has 1 aliphatic heterocycles. The van der Waals surface area contributed by atoms with Crippen molar-refractivity contribution in [2.75, 3.05) is 36.4 Å². The fourth-order valence-electron chi connectivity index (χ4n) is 2.62. The number of nitrogens with one attached hydrogen (secondary N) is 1. The minimum absolute atomic E-state index is 0.00396. The number of anilines is 2. The Hall–Kier alpha value is -1.69. The fourth-order valence-corrected chi connectivity index (χ4v) is 2.62. The van der Waals surface area contributed by atoms with Gasteiger partial charge in [0.2, 0.25) is 5.91 Å². The maximum Gasteiger partial charge on any atom is 0.225 e. The molecule has 2 heterocycles. The Morgan fingerprint density at radius 3 is 2.45 bits per heavy atom. The summed E-state index contributed by atoms with van der Waals surface area (Å²) in [6, 6.07) is 2.45. The van der Waals surface area contributed by atoms with Gasteiger partial charge in [-0.15, -0.1) is 0 Å². The summed E-state index contributed by atoms with van der Waals surface area (Å²) in [5, 5.41) is 2.85. The van der Waals surface area contributed by atoms with Gasteiger partial charge in [0.25, 0.3) is 0 Å². The summed E-state index contributed by atoms with van der Waals surface area (Å²) < 4.78 is 0. The molecule has 122 valence electrons. The van der Waals surface area contributed by atoms with E-state index in [4.69, 9.17) is 0 Å². The molecule has 0 spiro atoms. The van der Waals surface area contributed by atoms with Crippen LogP contribution in [0.4, 0.5) is 11.6 Å². The first kappa shape index (κ1) is 16.7. The summed E-state index contributed by atoms with van der Waals surface area (Å²) in [6.07, 6.45) is 2.03. The quantitative estimate of drug-likeness (QED) is 0.901. The van der Waals surface area contributed by atoms with Crippen LogP contribution in [0.2, 0.25) is 0 Å². The number of carbonyl (C=O) groups excluding carboxylic acids is 1. The van der Waals surface area contributed by atoms with Crippen LogP contribution in [0.25, 0.3) is 0 Å². The number of rotatable bonds is 5. The van der Waals surface area contributed by atoms with E-state index in [0.717, 1.165) is 32.0 Å². The van der Waals surface area contributed by atoms with E-state index < -0.39 is 0 Å². The van der Waals surface area contributed by atoms with Crippen molar-refractivity contribution in [2.45, 2.75) is 40.2 Å². The van der Waals surface area contributed by atoms with Crippen LogP contribution in [-0.2, 0) is 4.79 Å². The highest BCUT2D eigenvalue weighted by molar-refractivity contribution is 5.90. The minimum atomic E-state index is 0.00396. The monoisotopic (exact) mass is 305 g/mol. The van der Waals surface area contributed by atoms with Gasteiger partial charge in [-0.3, -0.25) is 9.69 Å². The van der Waals surface area contributed by atoms with Gasteiger partial charge in [-0.1, -0.05) is 13.8 Å². The van der Waals surface area contributed by atoms with Gasteiger partial charge in [-0.2, -0.15) is 0 Å². The molecule has 1 amide bonds. The van der Waals surface area contributed by atoms with E-state index in [1.807, 2.05) is 19.9 Å². The van der Waals surface area contributed by atoms with E-state index >= 15 is 0 Å². The Morgan fingerprint density at radius 1 is 1.18 bits per heavy atom. The molecule has 0 saturated carbocycles. The van der Waals surface area contributed by atoms with E-state index in [0.29, 0.717) is 24.2 Å². The van der Waals surface area contributed by atoms with Gasteiger partial charge in [-0.25, -0.2) is 9.97 Å². The average molecular weight is 305 g/mol. The second-order valence-corrected chi connectivity index (χ2v) is 6.52. The second-order valence-electron chi connectivity index (χ2n) is 6.52. The molecule has 0 aromatic carbocycles. The van der Waals surface area contributed by atoms with Crippen LogP contribution in [0.1, 0.15) is 34.1 Å². The molecule has 1 aromatic rings. The third-order valence-electron chi connectivity index (χ3n) is 3.88. The molecule has 1 fully saturated rings. The number of amides is 1. The average Bonchev–Trinajstić information content (AvgIpc) is 2.46. The standard InChI is InChI=1S/C16H27N5O/c1-12(2)9-16(22)19-14-10-15(18-11-17-14)21-7-5-20(6-8-21)13(3)4/h10-13H,5-9H2,1-4H3,(H,17,18,19,22). The first-order chi connectivity index (χ1) is 10.5. The molecule has 1 N–H and O–H groups in total. The number of carbonyl (C=O) groups is 1. The fraction of sp³-hybridized carbons (Fsp3) is 0.688. The lowest BCUT2D eigenvalue weighted by Crippen LogP contribution is -2.49. The summed E-state index contributed by atoms with van der Waals surface area (Å²) in [4.78, 5) is 25.0. The third-order valence-corrected chi connectivity index (χ3v) is 3.88. The molecule has 6 nitrogen and oxygen atoms in total.